The highest BCUT2D eigenvalue weighted by Crippen LogP contribution is 2.68. The van der Waals surface area contributed by atoms with Gasteiger partial charge in [-0.15, -0.1) is 0 Å². The number of allylic oxidation sites excluding steroid dienone is 4. The lowest BCUT2D eigenvalue weighted by atomic mass is 9.51. The van der Waals surface area contributed by atoms with Gasteiger partial charge in [0, 0.05) is 41.4 Å². The van der Waals surface area contributed by atoms with E-state index in [1.54, 1.807) is 26.0 Å². The summed E-state index contributed by atoms with van der Waals surface area (Å²) in [6, 6.07) is 0. The molecule has 1 saturated carbocycles. The Hall–Kier alpha value is -3.49. The molecule has 1 saturated heterocycles. The van der Waals surface area contributed by atoms with E-state index in [0.29, 0.717) is 23.9 Å². The highest BCUT2D eigenvalue weighted by atomic mass is 16.6. The van der Waals surface area contributed by atoms with Crippen molar-refractivity contribution >= 4 is 17.9 Å². The van der Waals surface area contributed by atoms with Gasteiger partial charge < -0.3 is 24.8 Å². The van der Waals surface area contributed by atoms with E-state index in [2.05, 4.69) is 6.58 Å². The molecule has 2 aliphatic heterocycles. The standard InChI is InChI=1S/C33H38O8/c1-16(2)8-9-20-26(36)21(14-23(35)17(3)4)29-25(27(20)37)28(38)22-12-19-13-24-31(6,7)41-32(30(19)39,33(22,24)40-29)11-10-18(5)15-34/h8,10,12,15,19,23-24,35-37H,3,9,11,13-14H2,1-2,4-7H3/b18-10+/t19?,23?,24?,32-,33+/m1/s1. The molecule has 3 N–H and O–H groups in total. The zero-order chi connectivity index (χ0) is 30.2. The number of aliphatic hydroxyl groups is 1. The minimum Gasteiger partial charge on any atom is -0.507 e. The van der Waals surface area contributed by atoms with Crippen LogP contribution in [0.15, 0.2) is 47.1 Å². The zero-order valence-electron chi connectivity index (χ0n) is 24.5. The van der Waals surface area contributed by atoms with Gasteiger partial charge in [-0.1, -0.05) is 36.0 Å². The molecule has 5 aliphatic rings. The summed E-state index contributed by atoms with van der Waals surface area (Å²) in [4.78, 5) is 40.0. The van der Waals surface area contributed by atoms with Crippen LogP contribution < -0.4 is 4.74 Å². The third-order valence-corrected chi connectivity index (χ3v) is 9.27. The van der Waals surface area contributed by atoms with E-state index in [1.807, 2.05) is 33.8 Å². The summed E-state index contributed by atoms with van der Waals surface area (Å²) >= 11 is 0. The summed E-state index contributed by atoms with van der Waals surface area (Å²) < 4.78 is 13.5. The molecule has 0 amide bonds. The molecule has 0 radical (unpaired) electrons. The number of hydrogen-bond donors (Lipinski definition) is 3. The number of Topliss-reactive ketones (excluding diaryl/α,β-unsaturated/α-hetero) is 2. The molecule has 218 valence electrons. The molecule has 5 atom stereocenters. The van der Waals surface area contributed by atoms with Crippen LogP contribution in [0.25, 0.3) is 0 Å². The molecule has 1 spiro atoms. The predicted molar refractivity (Wildman–Crippen MR) is 152 cm³/mol. The van der Waals surface area contributed by atoms with E-state index >= 15 is 0 Å². The lowest BCUT2D eigenvalue weighted by Gasteiger charge is -2.56. The number of aliphatic hydroxyl groups excluding tert-OH is 1. The molecule has 4 bridgehead atoms. The highest BCUT2D eigenvalue weighted by Gasteiger charge is 2.81. The molecule has 41 heavy (non-hydrogen) atoms. The molecule has 3 unspecified atom stereocenters. The first-order valence-corrected chi connectivity index (χ1v) is 14.0. The average Bonchev–Trinajstić information content (AvgIpc) is 3.06. The van der Waals surface area contributed by atoms with Gasteiger partial charge in [0.1, 0.15) is 29.1 Å². The van der Waals surface area contributed by atoms with Crippen molar-refractivity contribution in [2.24, 2.45) is 11.8 Å². The Labute approximate surface area is 240 Å². The first kappa shape index (κ1) is 29.0. The molecular formula is C33H38O8. The molecule has 6 rings (SSSR count). The maximum atomic E-state index is 14.5. The van der Waals surface area contributed by atoms with Crippen molar-refractivity contribution in [3.8, 4) is 17.2 Å². The minimum atomic E-state index is -1.61. The molecule has 2 fully saturated rings. The Balaban J connectivity index is 1.82. The summed E-state index contributed by atoms with van der Waals surface area (Å²) in [5, 5.41) is 33.8. The highest BCUT2D eigenvalue weighted by molar-refractivity contribution is 6.18. The molecule has 1 aromatic carbocycles. The predicted octanol–water partition coefficient (Wildman–Crippen LogP) is 4.63. The van der Waals surface area contributed by atoms with Crippen LogP contribution in [0.4, 0.5) is 0 Å². The summed E-state index contributed by atoms with van der Waals surface area (Å²) in [7, 11) is 0. The number of carbonyl (C=O) groups is 3. The van der Waals surface area contributed by atoms with Gasteiger partial charge in [-0.05, 0) is 60.0 Å². The van der Waals surface area contributed by atoms with Crippen molar-refractivity contribution in [2.75, 3.05) is 0 Å². The Kier molecular flexibility index (Phi) is 6.74. The van der Waals surface area contributed by atoms with E-state index < -0.39 is 46.3 Å². The summed E-state index contributed by atoms with van der Waals surface area (Å²) in [6.45, 7) is 14.6. The molecule has 3 aliphatic carbocycles. The van der Waals surface area contributed by atoms with Gasteiger partial charge in [0.2, 0.25) is 0 Å². The normalized spacial score (nSPS) is 29.7. The monoisotopic (exact) mass is 562 g/mol. The second-order valence-corrected chi connectivity index (χ2v) is 12.7. The van der Waals surface area contributed by atoms with Crippen molar-refractivity contribution in [1.29, 1.82) is 0 Å². The first-order valence-electron chi connectivity index (χ1n) is 14.0. The Bertz CT molecular complexity index is 1490. The number of aldehydes is 1. The minimum absolute atomic E-state index is 0.00708. The number of aromatic hydroxyl groups is 2. The molecular weight excluding hydrogens is 524 g/mol. The SMILES string of the molecule is C=C(C)C(O)Cc1c(O)c(CC=C(C)C)c(O)c2c1O[C@@]13C(=CC4CC1C(C)(C)O[C@]3(C/C=C(\C)C=O)C4=O)C2=O. The Morgan fingerprint density at radius 3 is 2.41 bits per heavy atom. The summed E-state index contributed by atoms with van der Waals surface area (Å²) in [6.07, 6.45) is 5.15. The fourth-order valence-electron chi connectivity index (χ4n) is 7.17. The van der Waals surface area contributed by atoms with Crippen LogP contribution in [0, 0.1) is 11.8 Å². The van der Waals surface area contributed by atoms with Crippen molar-refractivity contribution < 1.29 is 39.2 Å². The van der Waals surface area contributed by atoms with Gasteiger partial charge in [0.25, 0.3) is 0 Å². The van der Waals surface area contributed by atoms with Gasteiger partial charge in [-0.25, -0.2) is 0 Å². The smallest absolute Gasteiger partial charge is 0.200 e. The fraction of sp³-hybridized carbons (Fsp3) is 0.485. The number of fused-ring (bicyclic) bond motifs is 1. The van der Waals surface area contributed by atoms with E-state index in [1.165, 1.54) is 0 Å². The van der Waals surface area contributed by atoms with E-state index in [9.17, 15) is 29.7 Å². The third kappa shape index (κ3) is 3.91. The van der Waals surface area contributed by atoms with Crippen LogP contribution in [0.1, 0.15) is 75.9 Å². The van der Waals surface area contributed by atoms with E-state index in [-0.39, 0.29) is 58.8 Å². The van der Waals surface area contributed by atoms with Crippen LogP contribution in [0.2, 0.25) is 0 Å². The van der Waals surface area contributed by atoms with Crippen molar-refractivity contribution in [3.05, 3.63) is 63.8 Å². The number of hydrogen-bond acceptors (Lipinski definition) is 8. The van der Waals surface area contributed by atoms with Crippen LogP contribution in [-0.4, -0.2) is 56.1 Å². The second kappa shape index (κ2) is 9.53. The number of phenols is 2. The van der Waals surface area contributed by atoms with Crippen molar-refractivity contribution in [1.82, 2.24) is 0 Å². The van der Waals surface area contributed by atoms with Crippen LogP contribution in [0.5, 0.6) is 17.2 Å². The maximum absolute atomic E-state index is 14.5. The first-order chi connectivity index (χ1) is 19.1. The number of ketones is 2. The maximum Gasteiger partial charge on any atom is 0.200 e. The average molecular weight is 563 g/mol. The van der Waals surface area contributed by atoms with Gasteiger partial charge in [-0.2, -0.15) is 0 Å². The van der Waals surface area contributed by atoms with E-state index in [0.717, 1.165) is 5.57 Å². The molecule has 8 nitrogen and oxygen atoms in total. The lowest BCUT2D eigenvalue weighted by Crippen LogP contribution is -2.72. The van der Waals surface area contributed by atoms with E-state index in [4.69, 9.17) is 9.47 Å². The number of benzene rings is 1. The largest absolute Gasteiger partial charge is 0.507 e. The number of phenolic OH excluding ortho intramolecular Hbond substituents is 2. The summed E-state index contributed by atoms with van der Waals surface area (Å²) in [5.74, 6) is -2.49. The summed E-state index contributed by atoms with van der Waals surface area (Å²) in [5.41, 5.74) is -1.80. The molecule has 2 heterocycles. The molecule has 1 aromatic rings. The quantitative estimate of drug-likeness (QED) is 0.238. The van der Waals surface area contributed by atoms with Crippen molar-refractivity contribution in [3.63, 3.8) is 0 Å². The molecule has 8 heteroatoms. The van der Waals surface area contributed by atoms with Gasteiger partial charge >= 0.3 is 0 Å². The second-order valence-electron chi connectivity index (χ2n) is 12.7. The Morgan fingerprint density at radius 2 is 1.80 bits per heavy atom. The van der Waals surface area contributed by atoms with Crippen LogP contribution in [0.3, 0.4) is 0 Å². The number of ether oxygens (including phenoxy) is 2. The topological polar surface area (TPSA) is 130 Å². The van der Waals surface area contributed by atoms with Gasteiger partial charge in [-0.3, -0.25) is 14.4 Å². The molecule has 0 aromatic heterocycles. The van der Waals surface area contributed by atoms with Gasteiger partial charge in [0.05, 0.1) is 11.7 Å². The Morgan fingerprint density at radius 1 is 1.12 bits per heavy atom. The van der Waals surface area contributed by atoms with Crippen LogP contribution in [-0.2, 0) is 27.2 Å². The van der Waals surface area contributed by atoms with Gasteiger partial charge in [0.15, 0.2) is 22.8 Å². The zero-order valence-corrected chi connectivity index (χ0v) is 24.5. The van der Waals surface area contributed by atoms with Crippen LogP contribution >= 0.6 is 0 Å². The number of rotatable bonds is 8. The fourth-order valence-corrected chi connectivity index (χ4v) is 7.17. The number of carbonyl (C=O) groups excluding carboxylic acids is 3. The van der Waals surface area contributed by atoms with Crippen molar-refractivity contribution in [2.45, 2.75) is 90.1 Å². The lowest BCUT2D eigenvalue weighted by molar-refractivity contribution is -0.171. The third-order valence-electron chi connectivity index (χ3n) is 9.27.